The van der Waals surface area contributed by atoms with Crippen molar-refractivity contribution in [3.05, 3.63) is 0 Å². The van der Waals surface area contributed by atoms with E-state index in [0.717, 1.165) is 0 Å². The highest BCUT2D eigenvalue weighted by Gasteiger charge is 2.22. The topological polar surface area (TPSA) is 416 Å². The second-order valence-corrected chi connectivity index (χ2v) is 12.6. The number of hydrogen-bond acceptors (Lipinski definition) is 13. The third kappa shape index (κ3) is 28.8. The van der Waals surface area contributed by atoms with Gasteiger partial charge in [-0.3, -0.25) is 53.3 Å². The van der Waals surface area contributed by atoms with Crippen LogP contribution in [0.5, 0.6) is 0 Å². The number of nitrogens with one attached hydrogen (secondary N) is 4. The Morgan fingerprint density at radius 3 is 1.42 bits per heavy atom. The Morgan fingerprint density at radius 2 is 0.964 bits per heavy atom. The third-order valence-corrected chi connectivity index (χ3v) is 7.71. The first-order valence-corrected chi connectivity index (χ1v) is 17.7. The quantitative estimate of drug-likeness (QED) is 0.0171. The maximum absolute atomic E-state index is 12.6. The molecule has 0 aromatic rings. The summed E-state index contributed by atoms with van der Waals surface area (Å²) in [5.74, 6) is -6.29. The summed E-state index contributed by atoms with van der Waals surface area (Å²) in [5, 5.41) is 38.6. The first-order valence-electron chi connectivity index (χ1n) is 17.7. The maximum Gasteiger partial charge on any atom is 0.317 e. The number of nitrogens with two attached hydrogens (primary N) is 6. The Bertz CT molecular complexity index is 1210. The van der Waals surface area contributed by atoms with Gasteiger partial charge >= 0.3 is 17.9 Å². The second kappa shape index (κ2) is 29.1. The number of carboxylic acid groups (broad SMARTS) is 3. The first kappa shape index (κ1) is 49.7. The lowest BCUT2D eigenvalue weighted by molar-refractivity contribution is -0.140. The van der Waals surface area contributed by atoms with Crippen LogP contribution >= 0.6 is 0 Å². The SMILES string of the molecule is NC(N)=NCCCC(N)C(=O)NCCNC(=O)CC(CCN(CCN(CC(=O)O)CC(=O)NCCNC(=O)C(N)CCCN=C(N)N)CC(=O)O)CC(=O)O. The van der Waals surface area contributed by atoms with Crippen molar-refractivity contribution in [1.82, 2.24) is 31.1 Å². The molecule has 0 saturated heterocycles. The lowest BCUT2D eigenvalue weighted by atomic mass is 9.96. The Labute approximate surface area is 319 Å². The van der Waals surface area contributed by atoms with Crippen LogP contribution in [-0.2, 0) is 33.6 Å². The van der Waals surface area contributed by atoms with Gasteiger partial charge in [0.15, 0.2) is 11.9 Å². The van der Waals surface area contributed by atoms with E-state index in [-0.39, 0.29) is 83.5 Å². The largest absolute Gasteiger partial charge is 0.481 e. The van der Waals surface area contributed by atoms with Crippen LogP contribution in [0.15, 0.2) is 9.98 Å². The number of aliphatic imine (C=N–C) groups is 2. The molecule has 0 aliphatic heterocycles. The van der Waals surface area contributed by atoms with Crippen molar-refractivity contribution < 1.29 is 48.9 Å². The number of amides is 4. The monoisotopic (exact) mass is 788 g/mol. The van der Waals surface area contributed by atoms with Crippen molar-refractivity contribution in [3.63, 3.8) is 0 Å². The molecule has 0 saturated carbocycles. The van der Waals surface area contributed by atoms with E-state index in [9.17, 15) is 48.9 Å². The molecule has 55 heavy (non-hydrogen) atoms. The number of hydrogen-bond donors (Lipinski definition) is 13. The van der Waals surface area contributed by atoms with E-state index in [0.29, 0.717) is 38.8 Å². The molecular formula is C31H60N14O10. The normalized spacial score (nSPS) is 12.5. The zero-order valence-electron chi connectivity index (χ0n) is 31.1. The van der Waals surface area contributed by atoms with Crippen LogP contribution in [0.1, 0.15) is 44.9 Å². The van der Waals surface area contributed by atoms with Gasteiger partial charge in [0.05, 0.1) is 31.7 Å². The number of guanidine groups is 2. The molecule has 314 valence electrons. The van der Waals surface area contributed by atoms with Crippen molar-refractivity contribution in [2.24, 2.45) is 50.3 Å². The predicted octanol–water partition coefficient (Wildman–Crippen LogP) is -6.14. The van der Waals surface area contributed by atoms with E-state index < -0.39 is 72.6 Å². The van der Waals surface area contributed by atoms with Gasteiger partial charge in [-0.15, -0.1) is 0 Å². The molecule has 0 aromatic heterocycles. The summed E-state index contributed by atoms with van der Waals surface area (Å²) >= 11 is 0. The van der Waals surface area contributed by atoms with Crippen LogP contribution in [0.25, 0.3) is 0 Å². The zero-order chi connectivity index (χ0) is 41.8. The van der Waals surface area contributed by atoms with Gasteiger partial charge in [0.2, 0.25) is 23.6 Å². The molecule has 0 heterocycles. The predicted molar refractivity (Wildman–Crippen MR) is 201 cm³/mol. The zero-order valence-corrected chi connectivity index (χ0v) is 31.1. The minimum Gasteiger partial charge on any atom is -0.481 e. The fourth-order valence-electron chi connectivity index (χ4n) is 4.97. The minimum absolute atomic E-state index is 0.00605. The highest BCUT2D eigenvalue weighted by molar-refractivity contribution is 5.82. The molecule has 0 aliphatic carbocycles. The van der Waals surface area contributed by atoms with Gasteiger partial charge in [0, 0.05) is 65.2 Å². The van der Waals surface area contributed by atoms with Crippen LogP contribution in [-0.4, -0.2) is 169 Å². The van der Waals surface area contributed by atoms with Crippen molar-refractivity contribution in [3.8, 4) is 0 Å². The molecule has 0 radical (unpaired) electrons. The van der Waals surface area contributed by atoms with Gasteiger partial charge < -0.3 is 71.0 Å². The van der Waals surface area contributed by atoms with E-state index in [4.69, 9.17) is 34.4 Å². The van der Waals surface area contributed by atoms with Gasteiger partial charge in [0.25, 0.3) is 0 Å². The minimum atomic E-state index is -1.23. The van der Waals surface area contributed by atoms with E-state index in [1.54, 1.807) is 0 Å². The van der Waals surface area contributed by atoms with Gasteiger partial charge in [-0.25, -0.2) is 0 Å². The number of rotatable bonds is 32. The number of carboxylic acids is 3. The fourth-order valence-corrected chi connectivity index (χ4v) is 4.97. The summed E-state index contributed by atoms with van der Waals surface area (Å²) in [5.41, 5.74) is 32.7. The smallest absolute Gasteiger partial charge is 0.317 e. The Kier molecular flexibility index (Phi) is 26.3. The molecule has 24 nitrogen and oxygen atoms in total. The number of carbonyl (C=O) groups is 7. The Balaban J connectivity index is 4.94. The van der Waals surface area contributed by atoms with Gasteiger partial charge in [-0.2, -0.15) is 0 Å². The van der Waals surface area contributed by atoms with Crippen molar-refractivity contribution >= 4 is 53.5 Å². The van der Waals surface area contributed by atoms with E-state index in [2.05, 4.69) is 31.3 Å². The Morgan fingerprint density at radius 1 is 0.527 bits per heavy atom. The molecule has 0 aromatic carbocycles. The van der Waals surface area contributed by atoms with Crippen molar-refractivity contribution in [2.45, 2.75) is 57.0 Å². The molecule has 4 amide bonds. The van der Waals surface area contributed by atoms with Crippen LogP contribution in [0.4, 0.5) is 0 Å². The molecular weight excluding hydrogens is 728 g/mol. The first-order chi connectivity index (χ1) is 25.9. The average Bonchev–Trinajstić information content (AvgIpc) is 3.08. The van der Waals surface area contributed by atoms with E-state index in [1.807, 2.05) is 0 Å². The fraction of sp³-hybridized carbons (Fsp3) is 0.710. The van der Waals surface area contributed by atoms with E-state index >= 15 is 0 Å². The molecule has 3 atom stereocenters. The number of carbonyl (C=O) groups excluding carboxylic acids is 4. The summed E-state index contributed by atoms with van der Waals surface area (Å²) in [4.78, 5) is 94.4. The summed E-state index contributed by atoms with van der Waals surface area (Å²) in [6.45, 7) is -0.477. The van der Waals surface area contributed by atoms with Crippen LogP contribution in [0.3, 0.4) is 0 Å². The second-order valence-electron chi connectivity index (χ2n) is 12.6. The lowest BCUT2D eigenvalue weighted by Crippen LogP contribution is -2.46. The third-order valence-electron chi connectivity index (χ3n) is 7.71. The number of aliphatic carboxylic acids is 3. The summed E-state index contributed by atoms with van der Waals surface area (Å²) in [6.07, 6.45) is 1.18. The molecule has 0 rings (SSSR count). The molecule has 0 aliphatic rings. The van der Waals surface area contributed by atoms with Gasteiger partial charge in [-0.1, -0.05) is 0 Å². The van der Waals surface area contributed by atoms with Crippen LogP contribution in [0.2, 0.25) is 0 Å². The van der Waals surface area contributed by atoms with Crippen molar-refractivity contribution in [2.75, 3.05) is 78.5 Å². The Hall–Kier alpha value is -5.33. The van der Waals surface area contributed by atoms with Gasteiger partial charge in [-0.05, 0) is 44.6 Å². The molecule has 3 unspecified atom stereocenters. The number of nitrogens with zero attached hydrogens (tertiary/aromatic N) is 4. The molecule has 0 spiro atoms. The maximum atomic E-state index is 12.6. The average molecular weight is 789 g/mol. The molecule has 0 fully saturated rings. The van der Waals surface area contributed by atoms with Crippen LogP contribution in [0, 0.1) is 5.92 Å². The summed E-state index contributed by atoms with van der Waals surface area (Å²) in [7, 11) is 0. The van der Waals surface area contributed by atoms with Gasteiger partial charge in [0.1, 0.15) is 0 Å². The molecule has 0 bridgehead atoms. The van der Waals surface area contributed by atoms with Crippen LogP contribution < -0.4 is 55.7 Å². The molecule has 24 heteroatoms. The standard InChI is InChI=1S/C31H60N14O10/c32-21(3-1-6-42-30(34)35)28(54)40-10-8-38-23(46)15-20(16-25(48)49)5-12-44(18-26(50)51)13-14-45(19-27(52)53)17-24(47)39-9-11-41-29(55)22(33)4-2-7-43-31(36)37/h20-22H,1-19,32-33H2,(H,38,46)(H,39,47)(H,40,54)(H,41,55)(H,48,49)(H,50,51)(H,52,53)(H4,34,35,42)(H4,36,37,43). The van der Waals surface area contributed by atoms with E-state index in [1.165, 1.54) is 9.80 Å². The highest BCUT2D eigenvalue weighted by atomic mass is 16.4. The highest BCUT2D eigenvalue weighted by Crippen LogP contribution is 2.15. The lowest BCUT2D eigenvalue weighted by Gasteiger charge is -2.26. The van der Waals surface area contributed by atoms with Crippen molar-refractivity contribution in [1.29, 1.82) is 0 Å². The summed E-state index contributed by atoms with van der Waals surface area (Å²) in [6, 6.07) is -1.61. The summed E-state index contributed by atoms with van der Waals surface area (Å²) < 4.78 is 0. The molecule has 19 N–H and O–H groups in total.